The fourth-order valence-electron chi connectivity index (χ4n) is 4.11. The van der Waals surface area contributed by atoms with Crippen LogP contribution in [0.3, 0.4) is 0 Å². The molecule has 0 N–H and O–H groups in total. The number of nitrogens with zero attached hydrogens (tertiary/aromatic N) is 1. The minimum atomic E-state index is -0.0331. The van der Waals surface area contributed by atoms with Gasteiger partial charge >= 0.3 is 0 Å². The van der Waals surface area contributed by atoms with Crippen molar-refractivity contribution in [3.05, 3.63) is 70.8 Å². The molecular weight excluding hydrogens is 290 g/mol. The molecule has 1 atom stereocenters. The van der Waals surface area contributed by atoms with Gasteiger partial charge in [0.1, 0.15) is 0 Å². The van der Waals surface area contributed by atoms with E-state index in [0.717, 1.165) is 19.5 Å². The minimum absolute atomic E-state index is 0.0331. The van der Waals surface area contributed by atoms with Crippen molar-refractivity contribution in [3.63, 3.8) is 0 Å². The summed E-state index contributed by atoms with van der Waals surface area (Å²) in [5.74, 6) is 1.25. The molecule has 128 valence electrons. The summed E-state index contributed by atoms with van der Waals surface area (Å²) < 4.78 is 0. The monoisotopic (exact) mass is 321 g/mol. The van der Waals surface area contributed by atoms with E-state index in [4.69, 9.17) is 0 Å². The van der Waals surface area contributed by atoms with E-state index in [-0.39, 0.29) is 5.54 Å². The van der Waals surface area contributed by atoms with Gasteiger partial charge in [-0.3, -0.25) is 4.90 Å². The smallest absolute Gasteiger partial charge is 0.0689 e. The first-order valence-corrected chi connectivity index (χ1v) is 9.36. The van der Waals surface area contributed by atoms with E-state index in [0.29, 0.717) is 11.8 Å². The van der Waals surface area contributed by atoms with Gasteiger partial charge in [0.2, 0.25) is 0 Å². The molecule has 1 heteroatoms. The summed E-state index contributed by atoms with van der Waals surface area (Å²) in [6, 6.07) is 18.3. The molecule has 2 aromatic rings. The molecule has 1 nitrogen and oxygen atoms in total. The molecule has 1 aliphatic heterocycles. The van der Waals surface area contributed by atoms with Gasteiger partial charge in [-0.15, -0.1) is 0 Å². The second kappa shape index (κ2) is 6.72. The van der Waals surface area contributed by atoms with Crippen LogP contribution in [0.15, 0.2) is 48.5 Å². The zero-order valence-electron chi connectivity index (χ0n) is 15.8. The van der Waals surface area contributed by atoms with Gasteiger partial charge in [0.05, 0.1) is 5.54 Å². The van der Waals surface area contributed by atoms with Crippen molar-refractivity contribution in [2.45, 2.75) is 52.5 Å². The van der Waals surface area contributed by atoms with E-state index in [2.05, 4.69) is 88.0 Å². The van der Waals surface area contributed by atoms with Gasteiger partial charge in [0.15, 0.2) is 0 Å². The summed E-state index contributed by atoms with van der Waals surface area (Å²) >= 11 is 0. The van der Waals surface area contributed by atoms with Crippen LogP contribution < -0.4 is 0 Å². The van der Waals surface area contributed by atoms with Crippen molar-refractivity contribution in [2.75, 3.05) is 13.1 Å². The van der Waals surface area contributed by atoms with Crippen molar-refractivity contribution in [2.24, 2.45) is 5.92 Å². The largest absolute Gasteiger partial charge is 0.289 e. The molecular formula is C23H31N. The molecule has 24 heavy (non-hydrogen) atoms. The third-order valence-corrected chi connectivity index (χ3v) is 5.55. The maximum absolute atomic E-state index is 2.68. The highest BCUT2D eigenvalue weighted by molar-refractivity contribution is 5.45. The normalized spacial score (nSPS) is 21.3. The Kier molecular flexibility index (Phi) is 4.83. The molecule has 0 spiro atoms. The third-order valence-electron chi connectivity index (χ3n) is 5.55. The minimum Gasteiger partial charge on any atom is -0.289 e. The predicted molar refractivity (Wildman–Crippen MR) is 104 cm³/mol. The van der Waals surface area contributed by atoms with Gasteiger partial charge in [-0.05, 0) is 47.4 Å². The van der Waals surface area contributed by atoms with Crippen LogP contribution >= 0.6 is 0 Å². The molecule has 0 aliphatic carbocycles. The Hall–Kier alpha value is -1.60. The number of fused-ring (bicyclic) bond motifs is 1. The molecule has 1 aliphatic rings. The van der Waals surface area contributed by atoms with Gasteiger partial charge in [0, 0.05) is 13.1 Å². The summed E-state index contributed by atoms with van der Waals surface area (Å²) in [5, 5.41) is 0. The van der Waals surface area contributed by atoms with Crippen LogP contribution in [0.25, 0.3) is 0 Å². The van der Waals surface area contributed by atoms with Gasteiger partial charge in [-0.1, -0.05) is 76.2 Å². The average molecular weight is 322 g/mol. The lowest BCUT2D eigenvalue weighted by Gasteiger charge is -2.47. The standard InChI is InChI=1S/C23H31N/c1-17(2)16-24-15-14-20-8-6-7-9-22(20)23(24,5)21-12-10-19(11-13-21)18(3)4/h6-13,17-18H,14-16H2,1-5H3. The number of benzene rings is 2. The Morgan fingerprint density at radius 1 is 0.958 bits per heavy atom. The topological polar surface area (TPSA) is 3.24 Å². The first-order chi connectivity index (χ1) is 11.4. The van der Waals surface area contributed by atoms with E-state index < -0.39 is 0 Å². The van der Waals surface area contributed by atoms with Gasteiger partial charge in [-0.25, -0.2) is 0 Å². The number of rotatable bonds is 4. The molecule has 0 bridgehead atoms. The highest BCUT2D eigenvalue weighted by Gasteiger charge is 2.39. The van der Waals surface area contributed by atoms with Crippen LogP contribution in [0.5, 0.6) is 0 Å². The van der Waals surface area contributed by atoms with Crippen molar-refractivity contribution in [1.29, 1.82) is 0 Å². The Morgan fingerprint density at radius 2 is 1.62 bits per heavy atom. The number of hydrogen-bond donors (Lipinski definition) is 0. The highest BCUT2D eigenvalue weighted by atomic mass is 15.2. The van der Waals surface area contributed by atoms with Crippen molar-refractivity contribution >= 4 is 0 Å². The van der Waals surface area contributed by atoms with Crippen LogP contribution in [-0.4, -0.2) is 18.0 Å². The zero-order valence-corrected chi connectivity index (χ0v) is 15.8. The van der Waals surface area contributed by atoms with E-state index in [1.54, 1.807) is 0 Å². The molecule has 0 amide bonds. The van der Waals surface area contributed by atoms with Crippen molar-refractivity contribution < 1.29 is 0 Å². The molecule has 0 fully saturated rings. The first-order valence-electron chi connectivity index (χ1n) is 9.36. The fourth-order valence-corrected chi connectivity index (χ4v) is 4.11. The average Bonchev–Trinajstić information content (AvgIpc) is 2.57. The fraction of sp³-hybridized carbons (Fsp3) is 0.478. The Morgan fingerprint density at radius 3 is 2.25 bits per heavy atom. The Bertz CT molecular complexity index is 683. The molecule has 0 saturated carbocycles. The molecule has 2 aromatic carbocycles. The molecule has 0 radical (unpaired) electrons. The summed E-state index contributed by atoms with van der Waals surface area (Å²) in [4.78, 5) is 2.68. The number of hydrogen-bond acceptors (Lipinski definition) is 1. The van der Waals surface area contributed by atoms with E-state index in [9.17, 15) is 0 Å². The summed E-state index contributed by atoms with van der Waals surface area (Å²) in [7, 11) is 0. The van der Waals surface area contributed by atoms with Gasteiger partial charge < -0.3 is 0 Å². The summed E-state index contributed by atoms with van der Waals surface area (Å²) in [5.41, 5.74) is 5.79. The third kappa shape index (κ3) is 3.02. The molecule has 0 saturated heterocycles. The predicted octanol–water partition coefficient (Wildman–Crippen LogP) is 5.59. The lowest BCUT2D eigenvalue weighted by Crippen LogP contribution is -2.50. The highest BCUT2D eigenvalue weighted by Crippen LogP contribution is 2.41. The lowest BCUT2D eigenvalue weighted by atomic mass is 9.76. The maximum Gasteiger partial charge on any atom is 0.0689 e. The molecule has 1 unspecified atom stereocenters. The zero-order chi connectivity index (χ0) is 17.3. The molecule has 0 aromatic heterocycles. The second-order valence-electron chi connectivity index (χ2n) is 8.10. The van der Waals surface area contributed by atoms with Crippen LogP contribution in [0, 0.1) is 5.92 Å². The van der Waals surface area contributed by atoms with E-state index in [1.807, 2.05) is 0 Å². The maximum atomic E-state index is 2.68. The summed E-state index contributed by atoms with van der Waals surface area (Å²) in [6.45, 7) is 13.9. The second-order valence-corrected chi connectivity index (χ2v) is 8.10. The van der Waals surface area contributed by atoms with Crippen LogP contribution in [0.4, 0.5) is 0 Å². The van der Waals surface area contributed by atoms with Gasteiger partial charge in [0.25, 0.3) is 0 Å². The van der Waals surface area contributed by atoms with E-state index in [1.165, 1.54) is 22.3 Å². The SMILES string of the molecule is CC(C)CN1CCc2ccccc2C1(C)c1ccc(C(C)C)cc1. The van der Waals surface area contributed by atoms with Gasteiger partial charge in [-0.2, -0.15) is 0 Å². The quantitative estimate of drug-likeness (QED) is 0.710. The van der Waals surface area contributed by atoms with Crippen LogP contribution in [0.2, 0.25) is 0 Å². The van der Waals surface area contributed by atoms with Crippen molar-refractivity contribution in [1.82, 2.24) is 4.90 Å². The van der Waals surface area contributed by atoms with E-state index >= 15 is 0 Å². The summed E-state index contributed by atoms with van der Waals surface area (Å²) in [6.07, 6.45) is 1.16. The van der Waals surface area contributed by atoms with Crippen LogP contribution in [0.1, 0.15) is 62.8 Å². The Balaban J connectivity index is 2.10. The molecule has 1 heterocycles. The van der Waals surface area contributed by atoms with Crippen molar-refractivity contribution in [3.8, 4) is 0 Å². The Labute approximate surface area is 147 Å². The lowest BCUT2D eigenvalue weighted by molar-refractivity contribution is 0.110. The van der Waals surface area contributed by atoms with Crippen LogP contribution in [-0.2, 0) is 12.0 Å². The first kappa shape index (κ1) is 17.2. The molecule has 3 rings (SSSR count).